The van der Waals surface area contributed by atoms with E-state index in [-0.39, 0.29) is 11.9 Å². The predicted octanol–water partition coefficient (Wildman–Crippen LogP) is 4.35. The van der Waals surface area contributed by atoms with E-state index in [0.717, 1.165) is 5.56 Å². The summed E-state index contributed by atoms with van der Waals surface area (Å²) in [5.74, 6) is 1.07. The molecule has 0 bridgehead atoms. The Balaban J connectivity index is 2.09. The van der Waals surface area contributed by atoms with E-state index in [1.165, 1.54) is 11.1 Å². The maximum Gasteiger partial charge on any atom is 0.261 e. The average Bonchev–Trinajstić information content (AvgIpc) is 2.59. The van der Waals surface area contributed by atoms with Crippen molar-refractivity contribution in [2.45, 2.75) is 46.3 Å². The van der Waals surface area contributed by atoms with Crippen LogP contribution in [0.2, 0.25) is 0 Å². The molecule has 0 spiro atoms. The molecular weight excluding hydrogens is 314 g/mol. The second-order valence-corrected chi connectivity index (χ2v) is 6.26. The summed E-state index contributed by atoms with van der Waals surface area (Å²) in [5.41, 5.74) is 3.50. The molecule has 4 nitrogen and oxygen atoms in total. The van der Waals surface area contributed by atoms with Crippen LogP contribution in [0.4, 0.5) is 0 Å². The number of carbonyl (C=O) groups excluding carboxylic acids is 1. The first-order valence-electron chi connectivity index (χ1n) is 8.63. The van der Waals surface area contributed by atoms with E-state index in [1.54, 1.807) is 7.11 Å². The molecular formula is C21H27NO3. The molecule has 0 aromatic heterocycles. The fraction of sp³-hybridized carbons (Fsp3) is 0.381. The van der Waals surface area contributed by atoms with Crippen LogP contribution in [0.3, 0.4) is 0 Å². The van der Waals surface area contributed by atoms with E-state index in [2.05, 4.69) is 37.4 Å². The molecule has 0 saturated heterocycles. The van der Waals surface area contributed by atoms with E-state index in [4.69, 9.17) is 9.47 Å². The fourth-order valence-corrected chi connectivity index (χ4v) is 2.89. The molecule has 0 aliphatic heterocycles. The molecule has 0 aliphatic carbocycles. The molecule has 134 valence electrons. The molecule has 0 fully saturated rings. The van der Waals surface area contributed by atoms with Gasteiger partial charge in [0.15, 0.2) is 17.6 Å². The van der Waals surface area contributed by atoms with E-state index in [0.29, 0.717) is 17.9 Å². The maximum absolute atomic E-state index is 12.7. The number of para-hydroxylation sites is 2. The highest BCUT2D eigenvalue weighted by Crippen LogP contribution is 2.27. The van der Waals surface area contributed by atoms with Gasteiger partial charge in [0.1, 0.15) is 0 Å². The van der Waals surface area contributed by atoms with Crippen molar-refractivity contribution in [1.82, 2.24) is 5.32 Å². The first kappa shape index (κ1) is 18.8. The van der Waals surface area contributed by atoms with Crippen molar-refractivity contribution in [2.75, 3.05) is 7.11 Å². The molecule has 2 rings (SSSR count). The molecule has 4 heteroatoms. The van der Waals surface area contributed by atoms with Crippen molar-refractivity contribution >= 4 is 5.91 Å². The highest BCUT2D eigenvalue weighted by molar-refractivity contribution is 5.81. The van der Waals surface area contributed by atoms with Gasteiger partial charge >= 0.3 is 0 Å². The van der Waals surface area contributed by atoms with Crippen LogP contribution in [-0.4, -0.2) is 19.1 Å². The molecule has 0 heterocycles. The monoisotopic (exact) mass is 341 g/mol. The Bertz CT molecular complexity index is 727. The lowest BCUT2D eigenvalue weighted by Gasteiger charge is -2.22. The second kappa shape index (κ2) is 8.56. The van der Waals surface area contributed by atoms with Crippen molar-refractivity contribution in [1.29, 1.82) is 0 Å². The average molecular weight is 341 g/mol. The van der Waals surface area contributed by atoms with Crippen LogP contribution in [0, 0.1) is 13.8 Å². The largest absolute Gasteiger partial charge is 0.493 e. The van der Waals surface area contributed by atoms with E-state index in [9.17, 15) is 4.79 Å². The number of benzene rings is 2. The summed E-state index contributed by atoms with van der Waals surface area (Å²) in [4.78, 5) is 12.7. The minimum atomic E-state index is -0.565. The van der Waals surface area contributed by atoms with E-state index < -0.39 is 6.10 Å². The van der Waals surface area contributed by atoms with Gasteiger partial charge in [-0.25, -0.2) is 0 Å². The van der Waals surface area contributed by atoms with Gasteiger partial charge in [0, 0.05) is 0 Å². The Kier molecular flexibility index (Phi) is 6.45. The maximum atomic E-state index is 12.7. The zero-order valence-corrected chi connectivity index (χ0v) is 15.6. The Morgan fingerprint density at radius 3 is 2.40 bits per heavy atom. The third kappa shape index (κ3) is 4.75. The zero-order chi connectivity index (χ0) is 18.4. The molecule has 1 amide bonds. The summed E-state index contributed by atoms with van der Waals surface area (Å²) >= 11 is 0. The molecule has 0 aliphatic rings. The quantitative estimate of drug-likeness (QED) is 0.814. The Hall–Kier alpha value is -2.49. The normalized spacial score (nSPS) is 13.0. The van der Waals surface area contributed by atoms with E-state index >= 15 is 0 Å². The fourth-order valence-electron chi connectivity index (χ4n) is 2.89. The van der Waals surface area contributed by atoms with Gasteiger partial charge in [0.05, 0.1) is 13.2 Å². The number of hydrogen-bond acceptors (Lipinski definition) is 3. The number of carbonyl (C=O) groups is 1. The third-order valence-corrected chi connectivity index (χ3v) is 4.25. The van der Waals surface area contributed by atoms with Crippen molar-refractivity contribution in [2.24, 2.45) is 0 Å². The second-order valence-electron chi connectivity index (χ2n) is 6.26. The smallest absolute Gasteiger partial charge is 0.261 e. The van der Waals surface area contributed by atoms with Gasteiger partial charge < -0.3 is 14.8 Å². The van der Waals surface area contributed by atoms with Gasteiger partial charge in [0.25, 0.3) is 5.91 Å². The molecule has 0 saturated carbocycles. The lowest BCUT2D eigenvalue weighted by Crippen LogP contribution is -2.39. The highest BCUT2D eigenvalue weighted by atomic mass is 16.5. The van der Waals surface area contributed by atoms with Crippen molar-refractivity contribution < 1.29 is 14.3 Å². The molecule has 25 heavy (non-hydrogen) atoms. The lowest BCUT2D eigenvalue weighted by molar-refractivity contribution is -0.128. The highest BCUT2D eigenvalue weighted by Gasteiger charge is 2.22. The van der Waals surface area contributed by atoms with Crippen molar-refractivity contribution in [3.63, 3.8) is 0 Å². The first-order chi connectivity index (χ1) is 12.0. The molecule has 1 N–H and O–H groups in total. The molecule has 0 unspecified atom stereocenters. The van der Waals surface area contributed by atoms with Gasteiger partial charge in [-0.1, -0.05) is 42.8 Å². The number of aryl methyl sites for hydroxylation is 2. The third-order valence-electron chi connectivity index (χ3n) is 4.25. The van der Waals surface area contributed by atoms with E-state index in [1.807, 2.05) is 38.1 Å². The molecule has 2 aromatic rings. The van der Waals surface area contributed by atoms with Gasteiger partial charge in [-0.3, -0.25) is 4.79 Å². The van der Waals surface area contributed by atoms with Crippen LogP contribution in [0.25, 0.3) is 0 Å². The van der Waals surface area contributed by atoms with Crippen LogP contribution in [0.5, 0.6) is 11.5 Å². The molecule has 2 aromatic carbocycles. The van der Waals surface area contributed by atoms with Crippen LogP contribution in [-0.2, 0) is 4.79 Å². The van der Waals surface area contributed by atoms with Crippen LogP contribution < -0.4 is 14.8 Å². The van der Waals surface area contributed by atoms with Crippen molar-refractivity contribution in [3.05, 3.63) is 59.2 Å². The Morgan fingerprint density at radius 2 is 1.80 bits per heavy atom. The summed E-state index contributed by atoms with van der Waals surface area (Å²) in [7, 11) is 1.59. The predicted molar refractivity (Wildman–Crippen MR) is 100 cm³/mol. The standard InChI is InChI=1S/C21H27NO3/c1-6-18(25-20-10-8-7-9-19(20)24-5)21(23)22-16(4)17-12-11-14(2)13-15(17)3/h7-13,16,18H,6H2,1-5H3,(H,22,23)/t16-,18-/m0/s1. The van der Waals surface area contributed by atoms with Crippen molar-refractivity contribution in [3.8, 4) is 11.5 Å². The number of amides is 1. The van der Waals surface area contributed by atoms with Crippen LogP contribution in [0.15, 0.2) is 42.5 Å². The SMILES string of the molecule is CC[C@H](Oc1ccccc1OC)C(=O)N[C@@H](C)c1ccc(C)cc1C. The lowest BCUT2D eigenvalue weighted by atomic mass is 10.00. The summed E-state index contributed by atoms with van der Waals surface area (Å²) in [6, 6.07) is 13.5. The first-order valence-corrected chi connectivity index (χ1v) is 8.63. The van der Waals surface area contributed by atoms with Gasteiger partial charge in [-0.15, -0.1) is 0 Å². The Morgan fingerprint density at radius 1 is 1.12 bits per heavy atom. The van der Waals surface area contributed by atoms with Crippen LogP contribution in [0.1, 0.15) is 43.0 Å². The molecule has 2 atom stereocenters. The summed E-state index contributed by atoms with van der Waals surface area (Å²) < 4.78 is 11.2. The molecule has 0 radical (unpaired) electrons. The number of nitrogens with one attached hydrogen (secondary N) is 1. The van der Waals surface area contributed by atoms with Gasteiger partial charge in [-0.2, -0.15) is 0 Å². The topological polar surface area (TPSA) is 47.6 Å². The van der Waals surface area contributed by atoms with Crippen LogP contribution >= 0.6 is 0 Å². The minimum Gasteiger partial charge on any atom is -0.493 e. The number of rotatable bonds is 7. The Labute approximate surface area is 150 Å². The summed E-state index contributed by atoms with van der Waals surface area (Å²) in [5, 5.41) is 3.06. The minimum absolute atomic E-state index is 0.0802. The summed E-state index contributed by atoms with van der Waals surface area (Å²) in [6.07, 6.45) is 0.00763. The summed E-state index contributed by atoms with van der Waals surface area (Å²) in [6.45, 7) is 8.05. The van der Waals surface area contributed by atoms with Gasteiger partial charge in [0.2, 0.25) is 0 Å². The number of methoxy groups -OCH3 is 1. The zero-order valence-electron chi connectivity index (χ0n) is 15.6. The van der Waals surface area contributed by atoms with Gasteiger partial charge in [-0.05, 0) is 50.5 Å². The number of ether oxygens (including phenoxy) is 2. The number of hydrogen-bond donors (Lipinski definition) is 1.